The Morgan fingerprint density at radius 1 is 0.800 bits per heavy atom. The van der Waals surface area contributed by atoms with Gasteiger partial charge < -0.3 is 26.0 Å². The zero-order valence-corrected chi connectivity index (χ0v) is 21.8. The molecule has 246 valence electrons. The van der Waals surface area contributed by atoms with Crippen molar-refractivity contribution in [1.82, 2.24) is 4.98 Å². The van der Waals surface area contributed by atoms with E-state index in [0.29, 0.717) is 23.6 Å². The molecule has 0 spiro atoms. The van der Waals surface area contributed by atoms with Crippen molar-refractivity contribution in [3.63, 3.8) is 0 Å². The predicted octanol–water partition coefficient (Wildman–Crippen LogP) is 5.95. The van der Waals surface area contributed by atoms with E-state index in [-0.39, 0.29) is 18.0 Å². The molecule has 0 saturated carbocycles. The van der Waals surface area contributed by atoms with Gasteiger partial charge in [-0.05, 0) is 42.3 Å². The Hall–Kier alpha value is -5.01. The highest BCUT2D eigenvalue weighted by Crippen LogP contribution is 2.30. The quantitative estimate of drug-likeness (QED) is 0.236. The second kappa shape index (κ2) is 15.6. The number of carboxylic acids is 2. The number of rotatable bonds is 6. The molecule has 9 nitrogen and oxygen atoms in total. The van der Waals surface area contributed by atoms with Gasteiger partial charge in [-0.2, -0.15) is 39.5 Å². The molecule has 5 N–H and O–H groups in total. The number of carboxylic acid groups (broad SMARTS) is 2. The third-order valence-corrected chi connectivity index (χ3v) is 4.62. The van der Waals surface area contributed by atoms with Crippen LogP contribution in [0.4, 0.5) is 54.0 Å². The van der Waals surface area contributed by atoms with Crippen LogP contribution < -0.4 is 15.8 Å². The number of carbonyl (C=O) groups excluding carboxylic acids is 1. The number of anilines is 1. The maximum atomic E-state index is 13.2. The van der Waals surface area contributed by atoms with Crippen LogP contribution in [0.15, 0.2) is 60.8 Å². The van der Waals surface area contributed by atoms with E-state index in [9.17, 15) is 53.1 Å². The highest BCUT2D eigenvalue weighted by Gasteiger charge is 2.39. The Morgan fingerprint density at radius 3 is 1.64 bits per heavy atom. The van der Waals surface area contributed by atoms with Crippen molar-refractivity contribution in [2.75, 3.05) is 5.32 Å². The number of hydrogen-bond donors (Lipinski definition) is 4. The lowest BCUT2D eigenvalue weighted by Crippen LogP contribution is -2.37. The summed E-state index contributed by atoms with van der Waals surface area (Å²) in [5.74, 6) is -7.49. The molecular formula is C25H18F11N3O6. The Bertz CT molecular complexity index is 1400. The highest BCUT2D eigenvalue weighted by atomic mass is 19.4. The number of nitrogens with one attached hydrogen (secondary N) is 1. The molecule has 45 heavy (non-hydrogen) atoms. The van der Waals surface area contributed by atoms with Crippen LogP contribution >= 0.6 is 0 Å². The van der Waals surface area contributed by atoms with Crippen molar-refractivity contribution in [2.24, 2.45) is 5.73 Å². The van der Waals surface area contributed by atoms with Crippen molar-refractivity contribution < 1.29 is 77.6 Å². The number of alkyl halides is 9. The van der Waals surface area contributed by atoms with Gasteiger partial charge in [0.25, 0.3) is 0 Å². The van der Waals surface area contributed by atoms with Crippen molar-refractivity contribution in [3.8, 4) is 11.6 Å². The van der Waals surface area contributed by atoms with E-state index in [1.54, 1.807) is 24.3 Å². The molecule has 1 atom stereocenters. The van der Waals surface area contributed by atoms with Crippen molar-refractivity contribution in [3.05, 3.63) is 83.6 Å². The fraction of sp³-hybridized carbons (Fsp3) is 0.200. The SMILES string of the molecule is N[C@@H](Cc1ccc(Oc2ccc(C(F)(F)F)cn2)cc1)C(=O)Nc1cc(F)cc(F)c1.O=C(O)C(F)(F)F.O=C(O)C(F)(F)F. The number of benzene rings is 2. The first kappa shape index (κ1) is 38.0. The average molecular weight is 665 g/mol. The van der Waals surface area contributed by atoms with E-state index < -0.39 is 59.6 Å². The van der Waals surface area contributed by atoms with Crippen LogP contribution in [0, 0.1) is 11.6 Å². The number of pyridine rings is 1. The first-order valence-electron chi connectivity index (χ1n) is 11.4. The number of aromatic nitrogens is 1. The smallest absolute Gasteiger partial charge is 0.475 e. The first-order valence-corrected chi connectivity index (χ1v) is 11.4. The van der Waals surface area contributed by atoms with Gasteiger partial charge in [0.05, 0.1) is 11.6 Å². The number of carbonyl (C=O) groups is 3. The zero-order chi connectivity index (χ0) is 34.8. The van der Waals surface area contributed by atoms with Crippen LogP contribution in [0.25, 0.3) is 0 Å². The molecule has 0 aliphatic carbocycles. The van der Waals surface area contributed by atoms with Gasteiger partial charge in [-0.3, -0.25) is 4.79 Å². The molecule has 0 unspecified atom stereocenters. The number of aliphatic carboxylic acids is 2. The van der Waals surface area contributed by atoms with Gasteiger partial charge in [0.15, 0.2) is 0 Å². The van der Waals surface area contributed by atoms with E-state index in [4.69, 9.17) is 30.3 Å². The van der Waals surface area contributed by atoms with Gasteiger partial charge >= 0.3 is 30.5 Å². The molecule has 0 bridgehead atoms. The third kappa shape index (κ3) is 14.3. The average Bonchev–Trinajstić information content (AvgIpc) is 2.88. The fourth-order valence-electron chi connectivity index (χ4n) is 2.63. The van der Waals surface area contributed by atoms with E-state index in [1.165, 1.54) is 0 Å². The van der Waals surface area contributed by atoms with Crippen LogP contribution in [0.1, 0.15) is 11.1 Å². The lowest BCUT2D eigenvalue weighted by Gasteiger charge is -2.13. The summed E-state index contributed by atoms with van der Waals surface area (Å²) in [6.07, 6.45) is -13.9. The largest absolute Gasteiger partial charge is 0.490 e. The van der Waals surface area contributed by atoms with Crippen LogP contribution in [0.2, 0.25) is 0 Å². The van der Waals surface area contributed by atoms with Crippen LogP contribution in [-0.4, -0.2) is 51.4 Å². The van der Waals surface area contributed by atoms with E-state index >= 15 is 0 Å². The number of ether oxygens (including phenoxy) is 1. The van der Waals surface area contributed by atoms with E-state index in [1.807, 2.05) is 0 Å². The molecular weight excluding hydrogens is 647 g/mol. The second-order valence-electron chi connectivity index (χ2n) is 8.19. The number of nitrogens with two attached hydrogens (primary N) is 1. The molecule has 0 fully saturated rings. The zero-order valence-electron chi connectivity index (χ0n) is 21.8. The monoisotopic (exact) mass is 665 g/mol. The van der Waals surface area contributed by atoms with Crippen LogP contribution in [-0.2, 0) is 27.0 Å². The lowest BCUT2D eigenvalue weighted by atomic mass is 10.1. The molecule has 20 heteroatoms. The summed E-state index contributed by atoms with van der Waals surface area (Å²) in [7, 11) is 0. The Balaban J connectivity index is 0.000000601. The second-order valence-corrected chi connectivity index (χ2v) is 8.19. The van der Waals surface area contributed by atoms with Gasteiger partial charge in [0.2, 0.25) is 11.8 Å². The normalized spacial score (nSPS) is 12.0. The van der Waals surface area contributed by atoms with Gasteiger partial charge in [-0.1, -0.05) is 12.1 Å². The van der Waals surface area contributed by atoms with Gasteiger partial charge in [-0.15, -0.1) is 0 Å². The molecule has 1 aromatic heterocycles. The molecule has 0 radical (unpaired) electrons. The number of amides is 1. The van der Waals surface area contributed by atoms with Crippen LogP contribution in [0.3, 0.4) is 0 Å². The van der Waals surface area contributed by atoms with E-state index in [0.717, 1.165) is 24.3 Å². The minimum atomic E-state index is -5.08. The summed E-state index contributed by atoms with van der Waals surface area (Å²) in [4.78, 5) is 33.6. The standard InChI is InChI=1S/C21H16F5N3O2.2C2HF3O2/c22-14-8-15(23)10-16(9-14)29-20(30)18(27)7-12-1-4-17(5-2-12)31-19-6-3-13(11-28-19)21(24,25)26;2*3-2(4,5)1(6)7/h1-6,8-11,18H,7,27H2,(H,29,30);2*(H,6,7)/t18-;;/m0../s1. The molecule has 3 rings (SSSR count). The summed E-state index contributed by atoms with van der Waals surface area (Å²) in [6, 6.07) is 9.91. The third-order valence-electron chi connectivity index (χ3n) is 4.62. The summed E-state index contributed by atoms with van der Waals surface area (Å²) in [5.41, 5.74) is 5.58. The Labute approximate surface area is 244 Å². The predicted molar refractivity (Wildman–Crippen MR) is 130 cm³/mol. The molecule has 1 amide bonds. The molecule has 0 aliphatic rings. The maximum Gasteiger partial charge on any atom is 0.490 e. The number of nitrogens with zero attached hydrogens (tertiary/aromatic N) is 1. The summed E-state index contributed by atoms with van der Waals surface area (Å²) < 4.78 is 133. The minimum Gasteiger partial charge on any atom is -0.475 e. The summed E-state index contributed by atoms with van der Waals surface area (Å²) >= 11 is 0. The fourth-order valence-corrected chi connectivity index (χ4v) is 2.63. The first-order chi connectivity index (χ1) is 20.5. The summed E-state index contributed by atoms with van der Waals surface area (Å²) in [5, 5.41) is 16.6. The van der Waals surface area contributed by atoms with Crippen molar-refractivity contribution >= 4 is 23.5 Å². The Kier molecular flexibility index (Phi) is 13.2. The van der Waals surface area contributed by atoms with Crippen molar-refractivity contribution in [2.45, 2.75) is 31.0 Å². The van der Waals surface area contributed by atoms with Crippen LogP contribution in [0.5, 0.6) is 11.6 Å². The maximum absolute atomic E-state index is 13.2. The lowest BCUT2D eigenvalue weighted by molar-refractivity contribution is -0.193. The van der Waals surface area contributed by atoms with Gasteiger partial charge in [-0.25, -0.2) is 23.4 Å². The molecule has 0 saturated heterocycles. The highest BCUT2D eigenvalue weighted by molar-refractivity contribution is 5.94. The number of halogens is 11. The minimum absolute atomic E-state index is 0.0147. The number of hydrogen-bond acceptors (Lipinski definition) is 6. The topological polar surface area (TPSA) is 152 Å². The van der Waals surface area contributed by atoms with Crippen molar-refractivity contribution in [1.29, 1.82) is 0 Å². The molecule has 3 aromatic rings. The molecule has 1 heterocycles. The van der Waals surface area contributed by atoms with E-state index in [2.05, 4.69) is 10.3 Å². The summed E-state index contributed by atoms with van der Waals surface area (Å²) in [6.45, 7) is 0. The molecule has 2 aromatic carbocycles. The van der Waals surface area contributed by atoms with Gasteiger partial charge in [0, 0.05) is 24.0 Å². The Morgan fingerprint density at radius 2 is 1.27 bits per heavy atom. The molecule has 0 aliphatic heterocycles. The van der Waals surface area contributed by atoms with Gasteiger partial charge in [0.1, 0.15) is 17.4 Å².